The number of hydrogen-bond donors (Lipinski definition) is 1. The highest BCUT2D eigenvalue weighted by Crippen LogP contribution is 2.46. The van der Waals surface area contributed by atoms with Gasteiger partial charge < -0.3 is 4.74 Å². The van der Waals surface area contributed by atoms with Crippen LogP contribution in [0.5, 0.6) is 0 Å². The number of hydrogen-bond acceptors (Lipinski definition) is 5. The van der Waals surface area contributed by atoms with Gasteiger partial charge in [-0.2, -0.15) is 23.5 Å². The van der Waals surface area contributed by atoms with Gasteiger partial charge in [0.05, 0.1) is 12.2 Å². The summed E-state index contributed by atoms with van der Waals surface area (Å²) in [6.45, 7) is 0. The number of amides is 1. The van der Waals surface area contributed by atoms with Gasteiger partial charge in [0.15, 0.2) is 0 Å². The van der Waals surface area contributed by atoms with Gasteiger partial charge in [-0.3, -0.25) is 10.0 Å². The number of thioether (sulfide) groups is 2. The first-order chi connectivity index (χ1) is 13.6. The molecule has 3 rings (SSSR count). The standard InChI is InChI=1S/C22H33NO3S2/c1-23(25)22(24)9-5-6-13-27-14-12-18-19(21-11-10-20(18)26-21)16-28-15-17-7-3-2-4-8-17/h2-4,7-8,18-21,25H,5-6,9-16H2,1H3/t18-,19+,20-,21+/m1/s1. The quantitative estimate of drug-likeness (QED) is 0.296. The fourth-order valence-electron chi connectivity index (χ4n) is 4.35. The molecule has 0 unspecified atom stereocenters. The molecular weight excluding hydrogens is 390 g/mol. The lowest BCUT2D eigenvalue weighted by molar-refractivity contribution is -0.159. The molecule has 2 fully saturated rings. The van der Waals surface area contributed by atoms with Crippen LogP contribution in [0.25, 0.3) is 0 Å². The van der Waals surface area contributed by atoms with Crippen molar-refractivity contribution in [3.8, 4) is 0 Å². The molecule has 6 heteroatoms. The lowest BCUT2D eigenvalue weighted by atomic mass is 9.79. The highest BCUT2D eigenvalue weighted by Gasteiger charge is 2.47. The number of nitrogens with zero attached hydrogens (tertiary/aromatic N) is 1. The monoisotopic (exact) mass is 423 g/mol. The van der Waals surface area contributed by atoms with E-state index in [9.17, 15) is 4.79 Å². The van der Waals surface area contributed by atoms with Crippen molar-refractivity contribution >= 4 is 29.4 Å². The Hall–Kier alpha value is -0.690. The van der Waals surface area contributed by atoms with E-state index in [1.165, 1.54) is 43.4 Å². The fourth-order valence-corrected chi connectivity index (χ4v) is 6.68. The normalized spacial score (nSPS) is 25.9. The van der Waals surface area contributed by atoms with E-state index in [0.29, 0.717) is 29.6 Å². The molecule has 0 spiro atoms. The molecule has 4 atom stereocenters. The van der Waals surface area contributed by atoms with Crippen molar-refractivity contribution in [3.05, 3.63) is 35.9 Å². The molecule has 156 valence electrons. The van der Waals surface area contributed by atoms with E-state index in [1.54, 1.807) is 0 Å². The Labute approximate surface area is 177 Å². The molecular formula is C22H33NO3S2. The maximum atomic E-state index is 11.3. The van der Waals surface area contributed by atoms with Crippen molar-refractivity contribution in [1.29, 1.82) is 0 Å². The number of unbranched alkanes of at least 4 members (excludes halogenated alkanes) is 1. The van der Waals surface area contributed by atoms with Crippen molar-refractivity contribution in [2.24, 2.45) is 11.8 Å². The number of carbonyl (C=O) groups excluding carboxylic acids is 1. The Morgan fingerprint density at radius 3 is 2.61 bits per heavy atom. The van der Waals surface area contributed by atoms with Gasteiger partial charge in [-0.05, 0) is 66.8 Å². The predicted octanol–water partition coefficient (Wildman–Crippen LogP) is 4.85. The third kappa shape index (κ3) is 6.41. The van der Waals surface area contributed by atoms with Crippen LogP contribution in [0, 0.1) is 11.8 Å². The summed E-state index contributed by atoms with van der Waals surface area (Å²) in [4.78, 5) is 11.3. The molecule has 2 aliphatic heterocycles. The van der Waals surface area contributed by atoms with E-state index in [0.717, 1.165) is 30.3 Å². The Bertz CT molecular complexity index is 599. The molecule has 2 aliphatic rings. The second-order valence-electron chi connectivity index (χ2n) is 7.89. The third-order valence-corrected chi connectivity index (χ3v) is 8.16. The zero-order valence-electron chi connectivity index (χ0n) is 16.8. The highest BCUT2D eigenvalue weighted by molar-refractivity contribution is 7.99. The van der Waals surface area contributed by atoms with Crippen molar-refractivity contribution in [2.45, 2.75) is 56.5 Å². The Morgan fingerprint density at radius 1 is 1.11 bits per heavy atom. The van der Waals surface area contributed by atoms with Gasteiger partial charge in [0.2, 0.25) is 5.91 Å². The molecule has 1 amide bonds. The minimum absolute atomic E-state index is 0.194. The first-order valence-electron chi connectivity index (χ1n) is 10.5. The summed E-state index contributed by atoms with van der Waals surface area (Å²) in [6.07, 6.45) is 7.06. The van der Waals surface area contributed by atoms with E-state index in [4.69, 9.17) is 9.94 Å². The summed E-state index contributed by atoms with van der Waals surface area (Å²) >= 11 is 4.06. The van der Waals surface area contributed by atoms with E-state index < -0.39 is 0 Å². The largest absolute Gasteiger partial charge is 0.374 e. The Balaban J connectivity index is 1.31. The van der Waals surface area contributed by atoms with Crippen LogP contribution in [-0.2, 0) is 15.3 Å². The van der Waals surface area contributed by atoms with E-state index >= 15 is 0 Å². The van der Waals surface area contributed by atoms with Crippen LogP contribution >= 0.6 is 23.5 Å². The van der Waals surface area contributed by atoms with Crippen LogP contribution in [-0.4, -0.2) is 52.7 Å². The summed E-state index contributed by atoms with van der Waals surface area (Å²) in [5.74, 6) is 5.83. The van der Waals surface area contributed by atoms with Gasteiger partial charge in [0.1, 0.15) is 0 Å². The van der Waals surface area contributed by atoms with E-state index in [2.05, 4.69) is 42.1 Å². The minimum atomic E-state index is -0.194. The molecule has 0 saturated carbocycles. The number of benzene rings is 1. The summed E-state index contributed by atoms with van der Waals surface area (Å²) < 4.78 is 6.26. The van der Waals surface area contributed by atoms with Gasteiger partial charge in [-0.1, -0.05) is 30.3 Å². The lowest BCUT2D eigenvalue weighted by Crippen LogP contribution is -2.29. The van der Waals surface area contributed by atoms with Gasteiger partial charge in [0, 0.05) is 19.2 Å². The third-order valence-electron chi connectivity index (χ3n) is 5.90. The molecule has 2 bridgehead atoms. The maximum Gasteiger partial charge on any atom is 0.245 e. The maximum absolute atomic E-state index is 11.3. The summed E-state index contributed by atoms with van der Waals surface area (Å²) in [6, 6.07) is 10.7. The average molecular weight is 424 g/mol. The number of carbonyl (C=O) groups is 1. The Morgan fingerprint density at radius 2 is 1.86 bits per heavy atom. The SMILES string of the molecule is CN(O)C(=O)CCCCSCC[C@@H]1[C@H](CSCc2ccccc2)[C@@H]2CC[C@H]1O2. The van der Waals surface area contributed by atoms with Crippen molar-refractivity contribution in [2.75, 3.05) is 24.3 Å². The zero-order chi connectivity index (χ0) is 19.8. The Kier molecular flexibility index (Phi) is 9.03. The number of hydroxylamine groups is 2. The smallest absolute Gasteiger partial charge is 0.245 e. The summed E-state index contributed by atoms with van der Waals surface area (Å²) in [5.41, 5.74) is 1.41. The zero-order valence-corrected chi connectivity index (χ0v) is 18.4. The molecule has 1 N–H and O–H groups in total. The molecule has 28 heavy (non-hydrogen) atoms. The van der Waals surface area contributed by atoms with Gasteiger partial charge in [-0.25, -0.2) is 5.06 Å². The van der Waals surface area contributed by atoms with Gasteiger partial charge in [0.25, 0.3) is 0 Å². The topological polar surface area (TPSA) is 49.8 Å². The molecule has 2 saturated heterocycles. The van der Waals surface area contributed by atoms with Crippen molar-refractivity contribution < 1.29 is 14.7 Å². The van der Waals surface area contributed by atoms with Crippen molar-refractivity contribution in [3.63, 3.8) is 0 Å². The highest BCUT2D eigenvalue weighted by atomic mass is 32.2. The first-order valence-corrected chi connectivity index (χ1v) is 12.8. The molecule has 2 heterocycles. The molecule has 0 aromatic heterocycles. The molecule has 0 aliphatic carbocycles. The number of ether oxygens (including phenoxy) is 1. The van der Waals surface area contributed by atoms with Gasteiger partial charge in [-0.15, -0.1) is 0 Å². The first kappa shape index (κ1) is 22.0. The summed E-state index contributed by atoms with van der Waals surface area (Å²) in [5, 5.41) is 9.74. The molecule has 0 radical (unpaired) electrons. The van der Waals surface area contributed by atoms with Crippen LogP contribution in [0.1, 0.15) is 44.1 Å². The van der Waals surface area contributed by atoms with Gasteiger partial charge >= 0.3 is 0 Å². The molecule has 4 nitrogen and oxygen atoms in total. The van der Waals surface area contributed by atoms with Crippen LogP contribution < -0.4 is 0 Å². The molecule has 1 aromatic carbocycles. The van der Waals surface area contributed by atoms with Crippen LogP contribution in [0.4, 0.5) is 0 Å². The number of fused-ring (bicyclic) bond motifs is 2. The van der Waals surface area contributed by atoms with Crippen molar-refractivity contribution in [1.82, 2.24) is 5.06 Å². The van der Waals surface area contributed by atoms with Crippen LogP contribution in [0.15, 0.2) is 30.3 Å². The lowest BCUT2D eigenvalue weighted by Gasteiger charge is -2.27. The van der Waals surface area contributed by atoms with E-state index in [1.807, 2.05) is 11.8 Å². The predicted molar refractivity (Wildman–Crippen MR) is 118 cm³/mol. The average Bonchev–Trinajstić information content (AvgIpc) is 3.30. The number of rotatable bonds is 12. The second-order valence-corrected chi connectivity index (χ2v) is 10.1. The second kappa shape index (κ2) is 11.5. The van der Waals surface area contributed by atoms with Crippen LogP contribution in [0.2, 0.25) is 0 Å². The summed E-state index contributed by atoms with van der Waals surface area (Å²) in [7, 11) is 1.39. The van der Waals surface area contributed by atoms with E-state index in [-0.39, 0.29) is 5.91 Å². The fraction of sp³-hybridized carbons (Fsp3) is 0.682. The minimum Gasteiger partial charge on any atom is -0.374 e. The molecule has 1 aromatic rings. The van der Waals surface area contributed by atoms with Crippen LogP contribution in [0.3, 0.4) is 0 Å².